The molecule has 1 amide bonds. The Morgan fingerprint density at radius 2 is 1.91 bits per heavy atom. The number of carbonyl (C=O) groups excluding carboxylic acids is 1. The average Bonchev–Trinajstić information content (AvgIpc) is 3.35. The molecule has 1 saturated carbocycles. The maximum atomic E-state index is 15.3. The molecule has 16 heteroatoms. The van der Waals surface area contributed by atoms with Crippen molar-refractivity contribution < 1.29 is 40.7 Å². The molecular formula is C37H25ClF6N6O3. The third kappa shape index (κ3) is 6.15. The molecule has 0 unspecified atom stereocenters. The zero-order valence-electron chi connectivity index (χ0n) is 27.6. The summed E-state index contributed by atoms with van der Waals surface area (Å²) in [6.45, 7) is 1.97. The van der Waals surface area contributed by atoms with Gasteiger partial charge in [0.15, 0.2) is 10.7 Å². The van der Waals surface area contributed by atoms with Gasteiger partial charge in [0.25, 0.3) is 18.3 Å². The summed E-state index contributed by atoms with van der Waals surface area (Å²) >= 11 is 6.26. The van der Waals surface area contributed by atoms with E-state index < -0.39 is 71.7 Å². The van der Waals surface area contributed by atoms with Crippen LogP contribution in [0.15, 0.2) is 57.9 Å². The lowest BCUT2D eigenvalue weighted by atomic mass is 9.96. The van der Waals surface area contributed by atoms with E-state index in [0.29, 0.717) is 38.4 Å². The van der Waals surface area contributed by atoms with Gasteiger partial charge in [-0.25, -0.2) is 27.5 Å². The van der Waals surface area contributed by atoms with Crippen molar-refractivity contribution in [3.63, 3.8) is 0 Å². The van der Waals surface area contributed by atoms with Crippen molar-refractivity contribution in [2.24, 2.45) is 10.9 Å². The van der Waals surface area contributed by atoms with Gasteiger partial charge in [0.05, 0.1) is 11.4 Å². The van der Waals surface area contributed by atoms with Gasteiger partial charge in [-0.3, -0.25) is 14.6 Å². The number of pyridine rings is 1. The van der Waals surface area contributed by atoms with Gasteiger partial charge in [-0.2, -0.15) is 19.0 Å². The van der Waals surface area contributed by atoms with Gasteiger partial charge in [0, 0.05) is 40.5 Å². The fraction of sp³-hybridized carbons (Fsp3) is 0.270. The van der Waals surface area contributed by atoms with Crippen LogP contribution in [0.4, 0.5) is 26.3 Å². The van der Waals surface area contributed by atoms with E-state index in [1.807, 2.05) is 0 Å². The number of H-pyrrole nitrogens is 1. The molecule has 2 aliphatic rings. The first-order valence-electron chi connectivity index (χ1n) is 16.2. The molecule has 2 N–H and O–H groups in total. The fourth-order valence-electron chi connectivity index (χ4n) is 6.89. The third-order valence-electron chi connectivity index (χ3n) is 9.12. The number of nitrogens with zero attached hydrogens (tertiary/aromatic N) is 5. The first-order valence-corrected chi connectivity index (χ1v) is 16.6. The number of hydrogen-bond donors (Lipinski definition) is 2. The molecule has 270 valence electrons. The summed E-state index contributed by atoms with van der Waals surface area (Å²) in [6.07, 6.45) is -3.53. The Morgan fingerprint density at radius 1 is 1.15 bits per heavy atom. The highest BCUT2D eigenvalue weighted by Crippen LogP contribution is 2.68. The molecule has 2 atom stereocenters. The number of aromatic nitrogens is 5. The summed E-state index contributed by atoms with van der Waals surface area (Å²) in [6, 6.07) is 10.9. The molecule has 4 aromatic heterocycles. The van der Waals surface area contributed by atoms with Crippen molar-refractivity contribution >= 4 is 45.3 Å². The van der Waals surface area contributed by atoms with E-state index in [1.54, 1.807) is 24.3 Å². The molecular weight excluding hydrogens is 726 g/mol. The highest BCUT2D eigenvalue weighted by Gasteiger charge is 2.67. The topological polar surface area (TPSA) is 122 Å². The monoisotopic (exact) mass is 750 g/mol. The maximum absolute atomic E-state index is 15.3. The lowest BCUT2D eigenvalue weighted by Crippen LogP contribution is -2.23. The normalized spacial score (nSPS) is 17.7. The van der Waals surface area contributed by atoms with Gasteiger partial charge in [-0.05, 0) is 68.0 Å². The van der Waals surface area contributed by atoms with Crippen molar-refractivity contribution in [1.82, 2.24) is 25.0 Å². The molecule has 8 rings (SSSR count). The lowest BCUT2D eigenvalue weighted by molar-refractivity contribution is -0.118. The largest absolute Gasteiger partial charge is 0.450 e. The highest BCUT2D eigenvalue weighted by atomic mass is 35.5. The fourth-order valence-corrected chi connectivity index (χ4v) is 7.06. The van der Waals surface area contributed by atoms with Gasteiger partial charge < -0.3 is 9.52 Å². The smallest absolute Gasteiger partial charge is 0.293 e. The summed E-state index contributed by atoms with van der Waals surface area (Å²) in [4.78, 5) is 22.6. The molecule has 53 heavy (non-hydrogen) atoms. The van der Waals surface area contributed by atoms with E-state index in [2.05, 4.69) is 37.1 Å². The van der Waals surface area contributed by atoms with Crippen molar-refractivity contribution in [2.75, 3.05) is 0 Å². The average molecular weight is 751 g/mol. The summed E-state index contributed by atoms with van der Waals surface area (Å²) in [5.41, 5.74) is -1.58. The van der Waals surface area contributed by atoms with Crippen LogP contribution in [0, 0.1) is 29.4 Å². The van der Waals surface area contributed by atoms with E-state index in [1.165, 1.54) is 19.9 Å². The summed E-state index contributed by atoms with van der Waals surface area (Å²) in [5.74, 6) is -2.94. The number of halogens is 7. The van der Waals surface area contributed by atoms with Gasteiger partial charge in [0.2, 0.25) is 0 Å². The first-order chi connectivity index (χ1) is 25.1. The molecule has 1 fully saturated rings. The molecule has 0 saturated heterocycles. The molecule has 0 aliphatic heterocycles. The minimum atomic E-state index is -3.49. The zero-order chi connectivity index (χ0) is 37.6. The molecule has 0 spiro atoms. The van der Waals surface area contributed by atoms with Gasteiger partial charge >= 0.3 is 0 Å². The van der Waals surface area contributed by atoms with Crippen LogP contribution in [0.2, 0.25) is 5.15 Å². The zero-order valence-corrected chi connectivity index (χ0v) is 28.4. The van der Waals surface area contributed by atoms with E-state index in [9.17, 15) is 27.5 Å². The molecule has 2 aliphatic carbocycles. The number of aliphatic hydroxyl groups is 1. The summed E-state index contributed by atoms with van der Waals surface area (Å²) in [7, 11) is 0. The number of para-hydroxylation sites is 1. The first kappa shape index (κ1) is 34.6. The number of aromatic amines is 1. The van der Waals surface area contributed by atoms with Gasteiger partial charge in [0.1, 0.15) is 52.0 Å². The van der Waals surface area contributed by atoms with E-state index in [0.717, 1.165) is 12.1 Å². The molecule has 0 radical (unpaired) electrons. The standard InChI is InChI=1S/C37H25ClF6N6O3/c1-36(2,52)9-8-19-6-7-20(21-4-3-5-22-29-32(53-31(21)22)34(38)48-47-29)28(45-19)25(12-16-10-17(39)13-18(40)11-16)46-26(51)15-50-33-27(30(49-50)35(41)42)23-14-24(23)37(33,43)44/h3-7,10-11,13,23-24,35,52H,12,14-15H2,1-2H3,(H,47,48)/t23-,24+/m0/s1. The summed E-state index contributed by atoms with van der Waals surface area (Å²) in [5, 5.41) is 21.5. The van der Waals surface area contributed by atoms with E-state index >= 15 is 8.78 Å². The number of furan rings is 1. The Morgan fingerprint density at radius 3 is 2.62 bits per heavy atom. The number of alkyl halides is 4. The van der Waals surface area contributed by atoms with Crippen molar-refractivity contribution in [2.45, 2.75) is 57.1 Å². The second-order valence-electron chi connectivity index (χ2n) is 13.5. The molecule has 2 aromatic carbocycles. The Kier molecular flexibility index (Phi) is 8.04. The van der Waals surface area contributed by atoms with Crippen molar-refractivity contribution in [3.8, 4) is 23.0 Å². The number of aliphatic imine (C=N–C) groups is 1. The quantitative estimate of drug-likeness (QED) is 0.0969. The van der Waals surface area contributed by atoms with E-state index in [4.69, 9.17) is 16.0 Å². The number of nitrogens with one attached hydrogen (secondary N) is 1. The van der Waals surface area contributed by atoms with Crippen LogP contribution in [-0.4, -0.2) is 47.3 Å². The van der Waals surface area contributed by atoms with Crippen LogP contribution in [0.25, 0.3) is 33.2 Å². The second-order valence-corrected chi connectivity index (χ2v) is 13.9. The van der Waals surface area contributed by atoms with Crippen LogP contribution in [-0.2, 0) is 23.7 Å². The molecule has 0 bridgehead atoms. The predicted molar refractivity (Wildman–Crippen MR) is 181 cm³/mol. The summed E-state index contributed by atoms with van der Waals surface area (Å²) < 4.78 is 94.1. The Hall–Kier alpha value is -5.46. The molecule has 4 heterocycles. The Labute approximate surface area is 300 Å². The number of rotatable bonds is 7. The number of benzene rings is 2. The van der Waals surface area contributed by atoms with Gasteiger partial charge in [-0.1, -0.05) is 29.7 Å². The number of hydrogen-bond acceptors (Lipinski definition) is 6. The third-order valence-corrected chi connectivity index (χ3v) is 9.37. The van der Waals surface area contributed by atoms with Gasteiger partial charge in [-0.15, -0.1) is 0 Å². The van der Waals surface area contributed by atoms with E-state index in [-0.39, 0.29) is 45.4 Å². The van der Waals surface area contributed by atoms with Crippen LogP contribution >= 0.6 is 11.6 Å². The van der Waals surface area contributed by atoms with Crippen LogP contribution in [0.3, 0.4) is 0 Å². The minimum absolute atomic E-state index is 0.0229. The highest BCUT2D eigenvalue weighted by molar-refractivity contribution is 6.34. The Balaban J connectivity index is 1.31. The maximum Gasteiger partial charge on any atom is 0.293 e. The van der Waals surface area contributed by atoms with Crippen LogP contribution < -0.4 is 0 Å². The number of fused-ring (bicyclic) bond motifs is 6. The SMILES string of the molecule is CC(C)(O)C#Cc1ccc(-c2cccc3c2oc2c(Cl)[nH]nc23)c(C(Cc2cc(F)cc(F)c2)=NC(=O)Cn2nc(C(F)F)c3c2C(F)(F)[C@@H]2C[C@H]32)n1. The predicted octanol–water partition coefficient (Wildman–Crippen LogP) is 8.03. The molecule has 9 nitrogen and oxygen atoms in total. The van der Waals surface area contributed by atoms with Crippen molar-refractivity contribution in [1.29, 1.82) is 0 Å². The lowest BCUT2D eigenvalue weighted by Gasteiger charge is -2.15. The van der Waals surface area contributed by atoms with Crippen LogP contribution in [0.1, 0.15) is 66.5 Å². The van der Waals surface area contributed by atoms with Crippen LogP contribution in [0.5, 0.6) is 0 Å². The second kappa shape index (κ2) is 12.3. The Bertz CT molecular complexity index is 2570. The molecule has 6 aromatic rings. The number of amides is 1. The van der Waals surface area contributed by atoms with Crippen molar-refractivity contribution in [3.05, 3.63) is 99.2 Å². The number of carbonyl (C=O) groups is 1. The minimum Gasteiger partial charge on any atom is -0.450 e.